The van der Waals surface area contributed by atoms with Gasteiger partial charge in [-0.05, 0) is 11.6 Å². The van der Waals surface area contributed by atoms with E-state index in [9.17, 15) is 9.59 Å². The van der Waals surface area contributed by atoms with Gasteiger partial charge >= 0.3 is 0 Å². The lowest BCUT2D eigenvalue weighted by molar-refractivity contribution is -0.138. The number of β-amino-alcohol motifs (C(OH)–C–C–N with tert-alkyl or cyclic N) is 2. The molecular formula is C10H18Cl4N2O4. The SMILES string of the molecule is Cl.O=C(CCl)N1CC(O)C1.O=C(Cl)CCl.OC1CNC1. The number of aliphatic hydroxyl groups excluding tert-OH is 2. The third-order valence-corrected chi connectivity index (χ3v) is 2.94. The van der Waals surface area contributed by atoms with Crippen molar-refractivity contribution in [3.8, 4) is 0 Å². The molecule has 120 valence electrons. The Bertz CT molecular complexity index is 286. The third-order valence-electron chi connectivity index (χ3n) is 2.19. The van der Waals surface area contributed by atoms with E-state index < -0.39 is 5.24 Å². The minimum absolute atomic E-state index is 0. The molecule has 1 amide bonds. The van der Waals surface area contributed by atoms with Crippen LogP contribution in [0.15, 0.2) is 0 Å². The van der Waals surface area contributed by atoms with Gasteiger partial charge in [0.2, 0.25) is 11.1 Å². The van der Waals surface area contributed by atoms with Crippen LogP contribution in [-0.4, -0.2) is 76.4 Å². The maximum absolute atomic E-state index is 10.6. The van der Waals surface area contributed by atoms with Gasteiger partial charge in [-0.25, -0.2) is 0 Å². The Morgan fingerprint density at radius 1 is 1.10 bits per heavy atom. The quantitative estimate of drug-likeness (QED) is 0.461. The molecule has 0 saturated carbocycles. The molecule has 2 aliphatic rings. The number of amides is 1. The number of rotatable bonds is 2. The molecule has 20 heavy (non-hydrogen) atoms. The summed E-state index contributed by atoms with van der Waals surface area (Å²) in [5.74, 6) is -0.171. The average Bonchev–Trinajstić information content (AvgIpc) is 2.33. The van der Waals surface area contributed by atoms with E-state index in [4.69, 9.17) is 45.0 Å². The van der Waals surface area contributed by atoms with Crippen molar-refractivity contribution < 1.29 is 19.8 Å². The molecule has 2 heterocycles. The maximum atomic E-state index is 10.6. The first-order valence-corrected chi connectivity index (χ1v) is 7.00. The molecule has 0 aromatic carbocycles. The number of nitrogens with one attached hydrogen (secondary N) is 1. The minimum atomic E-state index is -0.508. The molecule has 0 spiro atoms. The summed E-state index contributed by atoms with van der Waals surface area (Å²) in [7, 11) is 0. The molecule has 0 radical (unpaired) electrons. The van der Waals surface area contributed by atoms with E-state index in [0.717, 1.165) is 13.1 Å². The van der Waals surface area contributed by atoms with Crippen molar-refractivity contribution in [1.82, 2.24) is 10.2 Å². The summed E-state index contributed by atoms with van der Waals surface area (Å²) < 4.78 is 0. The second kappa shape index (κ2) is 12.9. The molecular weight excluding hydrogens is 354 g/mol. The van der Waals surface area contributed by atoms with E-state index >= 15 is 0 Å². The fraction of sp³-hybridized carbons (Fsp3) is 0.800. The van der Waals surface area contributed by atoms with E-state index in [1.54, 1.807) is 0 Å². The van der Waals surface area contributed by atoms with Crippen molar-refractivity contribution >= 4 is 58.4 Å². The lowest BCUT2D eigenvalue weighted by Crippen LogP contribution is -2.53. The summed E-state index contributed by atoms with van der Waals surface area (Å²) in [5.41, 5.74) is 0. The highest BCUT2D eigenvalue weighted by atomic mass is 35.5. The van der Waals surface area contributed by atoms with Gasteiger partial charge in [0.25, 0.3) is 0 Å². The molecule has 0 aliphatic carbocycles. The predicted octanol–water partition coefficient (Wildman–Crippen LogP) is -0.209. The molecule has 6 nitrogen and oxygen atoms in total. The van der Waals surface area contributed by atoms with Crippen molar-refractivity contribution in [2.24, 2.45) is 0 Å². The Labute approximate surface area is 138 Å². The number of halogens is 4. The molecule has 0 bridgehead atoms. The monoisotopic (exact) mass is 370 g/mol. The fourth-order valence-electron chi connectivity index (χ4n) is 1.02. The van der Waals surface area contributed by atoms with Crippen LogP contribution in [0.2, 0.25) is 0 Å². The lowest BCUT2D eigenvalue weighted by atomic mass is 10.2. The molecule has 2 saturated heterocycles. The van der Waals surface area contributed by atoms with Crippen molar-refractivity contribution in [2.75, 3.05) is 37.9 Å². The summed E-state index contributed by atoms with van der Waals surface area (Å²) >= 11 is 14.8. The third kappa shape index (κ3) is 10.9. The van der Waals surface area contributed by atoms with Crippen LogP contribution in [0.4, 0.5) is 0 Å². The summed E-state index contributed by atoms with van der Waals surface area (Å²) in [6, 6.07) is 0. The van der Waals surface area contributed by atoms with E-state index in [0.29, 0.717) is 13.1 Å². The summed E-state index contributed by atoms with van der Waals surface area (Å²) in [6.07, 6.45) is -0.368. The van der Waals surface area contributed by atoms with Gasteiger partial charge in [0.15, 0.2) is 0 Å². The lowest BCUT2D eigenvalue weighted by Gasteiger charge is -2.35. The van der Waals surface area contributed by atoms with E-state index in [1.807, 2.05) is 0 Å². The molecule has 0 aromatic heterocycles. The predicted molar refractivity (Wildman–Crippen MR) is 81.0 cm³/mol. The van der Waals surface area contributed by atoms with Gasteiger partial charge in [-0.15, -0.1) is 35.6 Å². The molecule has 2 aliphatic heterocycles. The van der Waals surface area contributed by atoms with E-state index in [1.165, 1.54) is 4.90 Å². The highest BCUT2D eigenvalue weighted by Gasteiger charge is 2.27. The number of likely N-dealkylation sites (tertiary alicyclic amines) is 1. The van der Waals surface area contributed by atoms with Crippen LogP contribution < -0.4 is 5.32 Å². The number of aliphatic hydroxyl groups is 2. The number of hydrogen-bond acceptors (Lipinski definition) is 5. The number of carbonyl (C=O) groups excluding carboxylic acids is 2. The number of alkyl halides is 2. The first-order valence-electron chi connectivity index (χ1n) is 5.55. The Morgan fingerprint density at radius 3 is 1.65 bits per heavy atom. The van der Waals surface area contributed by atoms with Crippen molar-refractivity contribution in [2.45, 2.75) is 12.2 Å². The normalized spacial score (nSPS) is 17.1. The Morgan fingerprint density at radius 2 is 1.50 bits per heavy atom. The molecule has 0 atom stereocenters. The van der Waals surface area contributed by atoms with Gasteiger partial charge in [0.1, 0.15) is 5.88 Å². The van der Waals surface area contributed by atoms with Crippen molar-refractivity contribution in [3.63, 3.8) is 0 Å². The van der Waals surface area contributed by atoms with Gasteiger partial charge < -0.3 is 20.4 Å². The molecule has 2 rings (SSSR count). The molecule has 3 N–H and O–H groups in total. The van der Waals surface area contributed by atoms with Crippen molar-refractivity contribution in [1.29, 1.82) is 0 Å². The zero-order valence-electron chi connectivity index (χ0n) is 10.6. The van der Waals surface area contributed by atoms with Gasteiger partial charge in [-0.3, -0.25) is 9.59 Å². The highest BCUT2D eigenvalue weighted by molar-refractivity contribution is 6.67. The second-order valence-electron chi connectivity index (χ2n) is 3.89. The van der Waals surface area contributed by atoms with Crippen LogP contribution >= 0.6 is 47.2 Å². The van der Waals surface area contributed by atoms with Crippen LogP contribution in [0.1, 0.15) is 0 Å². The second-order valence-corrected chi connectivity index (χ2v) is 4.84. The zero-order valence-corrected chi connectivity index (χ0v) is 13.7. The Hall–Kier alpha value is 0.180. The molecule has 0 unspecified atom stereocenters. The van der Waals surface area contributed by atoms with Crippen LogP contribution in [0.5, 0.6) is 0 Å². The van der Waals surface area contributed by atoms with Gasteiger partial charge in [-0.2, -0.15) is 0 Å². The average molecular weight is 372 g/mol. The zero-order chi connectivity index (χ0) is 14.8. The molecule has 10 heteroatoms. The molecule has 0 aromatic rings. The van der Waals surface area contributed by atoms with Crippen LogP contribution in [-0.2, 0) is 9.59 Å². The number of carbonyl (C=O) groups is 2. The van der Waals surface area contributed by atoms with Crippen LogP contribution in [0.25, 0.3) is 0 Å². The highest BCUT2D eigenvalue weighted by Crippen LogP contribution is 2.07. The van der Waals surface area contributed by atoms with E-state index in [-0.39, 0.29) is 42.3 Å². The van der Waals surface area contributed by atoms with Crippen LogP contribution in [0, 0.1) is 0 Å². The van der Waals surface area contributed by atoms with Crippen LogP contribution in [0.3, 0.4) is 0 Å². The Kier molecular flexibility index (Phi) is 14.5. The standard InChI is InChI=1S/C5H8ClNO2.C3H7NO.C2H2Cl2O.ClH/c6-1-5(9)7-2-4(8)3-7;5-3-1-4-2-3;3-1-2(4)5;/h4,8H,1-3H2;3-5H,1-2H2;1H2;1H. The van der Waals surface area contributed by atoms with E-state index in [2.05, 4.69) is 5.32 Å². The maximum Gasteiger partial charge on any atom is 0.237 e. The first-order chi connectivity index (χ1) is 8.90. The summed E-state index contributed by atoms with van der Waals surface area (Å²) in [4.78, 5) is 21.6. The van der Waals surface area contributed by atoms with Gasteiger partial charge in [0, 0.05) is 26.2 Å². The van der Waals surface area contributed by atoms with Gasteiger partial charge in [-0.1, -0.05) is 0 Å². The largest absolute Gasteiger partial charge is 0.390 e. The minimum Gasteiger partial charge on any atom is -0.390 e. The topological polar surface area (TPSA) is 89.9 Å². The van der Waals surface area contributed by atoms with Gasteiger partial charge in [0.05, 0.1) is 18.1 Å². The summed E-state index contributed by atoms with van der Waals surface area (Å²) in [6.45, 7) is 2.48. The summed E-state index contributed by atoms with van der Waals surface area (Å²) in [5, 5.41) is 19.5. The Balaban J connectivity index is 0. The molecule has 2 fully saturated rings. The first kappa shape index (κ1) is 22.5. The smallest absolute Gasteiger partial charge is 0.237 e. The number of hydrogen-bond donors (Lipinski definition) is 3. The fourth-order valence-corrected chi connectivity index (χ4v) is 1.19. The van der Waals surface area contributed by atoms with Crippen molar-refractivity contribution in [3.05, 3.63) is 0 Å². The number of nitrogens with zero attached hydrogens (tertiary/aromatic N) is 1.